The summed E-state index contributed by atoms with van der Waals surface area (Å²) in [6.45, 7) is 1.45. The smallest absolute Gasteiger partial charge is 0.325 e. The van der Waals surface area contributed by atoms with Crippen molar-refractivity contribution in [3.8, 4) is 0 Å². The third-order valence-electron chi connectivity index (χ3n) is 5.76. The Bertz CT molecular complexity index is 1310. The van der Waals surface area contributed by atoms with Gasteiger partial charge in [-0.3, -0.25) is 14.5 Å². The SMILES string of the molecule is C[C@H](NC(=O)CN1C(=O)N[C@H](Cc2c[nH]c3ccccc23)C1=O)c1cc2ccccc2o1. The molecule has 3 heterocycles. The Hall–Kier alpha value is -4.07. The Morgan fingerprint density at radius 1 is 1.16 bits per heavy atom. The van der Waals surface area contributed by atoms with Crippen molar-refractivity contribution in [3.05, 3.63) is 72.1 Å². The largest absolute Gasteiger partial charge is 0.459 e. The topological polar surface area (TPSA) is 107 Å². The highest BCUT2D eigenvalue weighted by molar-refractivity contribution is 6.06. The maximum Gasteiger partial charge on any atom is 0.325 e. The number of amides is 4. The molecule has 1 aliphatic rings. The van der Waals surface area contributed by atoms with E-state index in [1.165, 1.54) is 0 Å². The van der Waals surface area contributed by atoms with E-state index in [9.17, 15) is 14.4 Å². The fraction of sp³-hybridized carbons (Fsp3) is 0.208. The molecule has 32 heavy (non-hydrogen) atoms. The van der Waals surface area contributed by atoms with Crippen LogP contribution in [0.4, 0.5) is 4.79 Å². The first-order valence-corrected chi connectivity index (χ1v) is 10.4. The van der Waals surface area contributed by atoms with Crippen molar-refractivity contribution in [2.45, 2.75) is 25.4 Å². The van der Waals surface area contributed by atoms with E-state index < -0.39 is 29.9 Å². The summed E-state index contributed by atoms with van der Waals surface area (Å²) in [6.07, 6.45) is 2.19. The Kier molecular flexibility index (Phi) is 4.89. The number of imide groups is 1. The molecule has 5 rings (SSSR count). The van der Waals surface area contributed by atoms with Gasteiger partial charge >= 0.3 is 6.03 Å². The number of carbonyl (C=O) groups excluding carboxylic acids is 3. The molecule has 1 saturated heterocycles. The van der Waals surface area contributed by atoms with Gasteiger partial charge in [-0.15, -0.1) is 0 Å². The Labute approximate surface area is 183 Å². The molecule has 162 valence electrons. The van der Waals surface area contributed by atoms with E-state index in [0.717, 1.165) is 32.3 Å². The predicted octanol–water partition coefficient (Wildman–Crippen LogP) is 3.25. The van der Waals surface area contributed by atoms with Gasteiger partial charge in [-0.2, -0.15) is 0 Å². The van der Waals surface area contributed by atoms with Crippen molar-refractivity contribution in [1.82, 2.24) is 20.5 Å². The number of nitrogens with one attached hydrogen (secondary N) is 3. The van der Waals surface area contributed by atoms with E-state index in [1.807, 2.05) is 60.8 Å². The van der Waals surface area contributed by atoms with E-state index >= 15 is 0 Å². The predicted molar refractivity (Wildman–Crippen MR) is 119 cm³/mol. The van der Waals surface area contributed by atoms with Gasteiger partial charge in [-0.05, 0) is 30.7 Å². The van der Waals surface area contributed by atoms with Crippen molar-refractivity contribution in [1.29, 1.82) is 0 Å². The molecular weight excluding hydrogens is 408 g/mol. The van der Waals surface area contributed by atoms with Crippen molar-refractivity contribution in [2.24, 2.45) is 0 Å². The van der Waals surface area contributed by atoms with Crippen molar-refractivity contribution >= 4 is 39.7 Å². The summed E-state index contributed by atoms with van der Waals surface area (Å²) in [5.41, 5.74) is 2.64. The molecular formula is C24H22N4O4. The molecule has 4 amide bonds. The molecule has 2 atom stereocenters. The number of H-pyrrole nitrogens is 1. The molecule has 0 bridgehead atoms. The minimum atomic E-state index is -0.706. The summed E-state index contributed by atoms with van der Waals surface area (Å²) in [5.74, 6) is -0.241. The number of hydrogen-bond acceptors (Lipinski definition) is 4. The highest BCUT2D eigenvalue weighted by Gasteiger charge is 2.39. The zero-order chi connectivity index (χ0) is 22.2. The lowest BCUT2D eigenvalue weighted by Crippen LogP contribution is -2.41. The summed E-state index contributed by atoms with van der Waals surface area (Å²) in [5, 5.41) is 7.44. The Balaban J connectivity index is 1.23. The van der Waals surface area contributed by atoms with Crippen molar-refractivity contribution < 1.29 is 18.8 Å². The van der Waals surface area contributed by atoms with Gasteiger partial charge in [0, 0.05) is 28.9 Å². The second-order valence-corrected chi connectivity index (χ2v) is 7.97. The van der Waals surface area contributed by atoms with Crippen LogP contribution in [-0.2, 0) is 16.0 Å². The fourth-order valence-electron chi connectivity index (χ4n) is 4.10. The Morgan fingerprint density at radius 2 is 1.94 bits per heavy atom. The number of hydrogen-bond donors (Lipinski definition) is 3. The summed E-state index contributed by atoms with van der Waals surface area (Å²) >= 11 is 0. The molecule has 2 aromatic carbocycles. The summed E-state index contributed by atoms with van der Waals surface area (Å²) in [4.78, 5) is 41.9. The van der Waals surface area contributed by atoms with E-state index in [0.29, 0.717) is 12.2 Å². The summed E-state index contributed by atoms with van der Waals surface area (Å²) < 4.78 is 5.78. The number of aromatic amines is 1. The van der Waals surface area contributed by atoms with Crippen LogP contribution in [0.2, 0.25) is 0 Å². The lowest BCUT2D eigenvalue weighted by molar-refractivity contribution is -0.132. The van der Waals surface area contributed by atoms with Crippen molar-refractivity contribution in [3.63, 3.8) is 0 Å². The lowest BCUT2D eigenvalue weighted by Gasteiger charge is -2.15. The zero-order valence-electron chi connectivity index (χ0n) is 17.4. The summed E-state index contributed by atoms with van der Waals surface area (Å²) in [7, 11) is 0. The highest BCUT2D eigenvalue weighted by atomic mass is 16.3. The van der Waals surface area contributed by atoms with Crippen LogP contribution in [0.1, 0.15) is 24.3 Å². The van der Waals surface area contributed by atoms with Gasteiger partial charge in [0.15, 0.2) is 0 Å². The van der Waals surface area contributed by atoms with E-state index in [1.54, 1.807) is 6.92 Å². The quantitative estimate of drug-likeness (QED) is 0.408. The summed E-state index contributed by atoms with van der Waals surface area (Å²) in [6, 6.07) is 15.5. The van der Waals surface area contributed by atoms with Crippen LogP contribution < -0.4 is 10.6 Å². The van der Waals surface area contributed by atoms with Crippen LogP contribution in [0.5, 0.6) is 0 Å². The average molecular weight is 430 g/mol. The molecule has 0 unspecified atom stereocenters. The molecule has 0 aliphatic carbocycles. The monoisotopic (exact) mass is 430 g/mol. The molecule has 1 aliphatic heterocycles. The van der Waals surface area contributed by atoms with Crippen molar-refractivity contribution in [2.75, 3.05) is 6.54 Å². The normalized spacial score (nSPS) is 17.2. The average Bonchev–Trinajstić information content (AvgIpc) is 3.47. The number of aromatic nitrogens is 1. The highest BCUT2D eigenvalue weighted by Crippen LogP contribution is 2.24. The van der Waals surface area contributed by atoms with Crippen LogP contribution in [0.25, 0.3) is 21.9 Å². The van der Waals surface area contributed by atoms with Gasteiger partial charge < -0.3 is 20.0 Å². The fourth-order valence-corrected chi connectivity index (χ4v) is 4.10. The molecule has 0 saturated carbocycles. The van der Waals surface area contributed by atoms with Crippen LogP contribution >= 0.6 is 0 Å². The number of para-hydroxylation sites is 2. The second kappa shape index (κ2) is 7.88. The number of urea groups is 1. The molecule has 0 radical (unpaired) electrons. The first-order chi connectivity index (χ1) is 15.5. The van der Waals surface area contributed by atoms with Gasteiger partial charge in [0.2, 0.25) is 5.91 Å². The number of carbonyl (C=O) groups is 3. The van der Waals surface area contributed by atoms with Crippen LogP contribution in [0.3, 0.4) is 0 Å². The number of furan rings is 1. The van der Waals surface area contributed by atoms with Gasteiger partial charge in [0.25, 0.3) is 5.91 Å². The molecule has 3 N–H and O–H groups in total. The first-order valence-electron chi connectivity index (χ1n) is 10.4. The number of rotatable bonds is 6. The third-order valence-corrected chi connectivity index (χ3v) is 5.76. The van der Waals surface area contributed by atoms with E-state index in [2.05, 4.69) is 15.6 Å². The molecule has 1 fully saturated rings. The number of benzene rings is 2. The van der Waals surface area contributed by atoms with Gasteiger partial charge in [-0.1, -0.05) is 36.4 Å². The minimum Gasteiger partial charge on any atom is -0.459 e. The molecule has 0 spiro atoms. The molecule has 8 nitrogen and oxygen atoms in total. The van der Waals surface area contributed by atoms with Crippen LogP contribution in [0, 0.1) is 0 Å². The van der Waals surface area contributed by atoms with E-state index in [4.69, 9.17) is 4.42 Å². The lowest BCUT2D eigenvalue weighted by atomic mass is 10.1. The van der Waals surface area contributed by atoms with E-state index in [-0.39, 0.29) is 6.54 Å². The van der Waals surface area contributed by atoms with Gasteiger partial charge in [0.1, 0.15) is 23.9 Å². The second-order valence-electron chi connectivity index (χ2n) is 7.97. The third kappa shape index (κ3) is 3.60. The minimum absolute atomic E-state index is 0.348. The molecule has 8 heteroatoms. The van der Waals surface area contributed by atoms with Crippen LogP contribution in [0.15, 0.2) is 65.2 Å². The Morgan fingerprint density at radius 3 is 2.78 bits per heavy atom. The van der Waals surface area contributed by atoms with Crippen LogP contribution in [-0.4, -0.2) is 40.3 Å². The van der Waals surface area contributed by atoms with Gasteiger partial charge in [-0.25, -0.2) is 4.79 Å². The molecule has 4 aromatic rings. The maximum atomic E-state index is 12.8. The zero-order valence-corrected chi connectivity index (χ0v) is 17.4. The number of fused-ring (bicyclic) bond motifs is 2. The first kappa shape index (κ1) is 19.9. The standard InChI is InChI=1S/C24H22N4O4/c1-14(21-11-15-6-2-5-9-20(15)32-21)26-22(29)13-28-23(30)19(27-24(28)31)10-16-12-25-18-8-4-3-7-17(16)18/h2-9,11-12,14,19,25H,10,13H2,1H3,(H,26,29)(H,27,31)/t14-,19+/m0/s1. The number of nitrogens with zero attached hydrogens (tertiary/aromatic N) is 1. The van der Waals surface area contributed by atoms with Gasteiger partial charge in [0.05, 0.1) is 6.04 Å². The molecule has 2 aromatic heterocycles. The maximum absolute atomic E-state index is 12.8.